The summed E-state index contributed by atoms with van der Waals surface area (Å²) in [6, 6.07) is 3.07. The monoisotopic (exact) mass is 398 g/mol. The van der Waals surface area contributed by atoms with E-state index in [-0.39, 0.29) is 31.0 Å². The molecule has 2 atom stereocenters. The number of halogens is 1. The first-order valence-electron chi connectivity index (χ1n) is 9.45. The van der Waals surface area contributed by atoms with E-state index in [1.807, 2.05) is 6.07 Å². The number of aliphatic hydroxyl groups excluding tert-OH is 1. The zero-order chi connectivity index (χ0) is 20.0. The Morgan fingerprint density at radius 1 is 1.34 bits per heavy atom. The van der Waals surface area contributed by atoms with Crippen molar-refractivity contribution >= 4 is 17.4 Å². The molecule has 2 bridgehead atoms. The maximum atomic E-state index is 14.0. The number of fused-ring (bicyclic) bond motifs is 5. The molecular weight excluding hydrogens is 379 g/mol. The van der Waals surface area contributed by atoms with Gasteiger partial charge in [-0.25, -0.2) is 18.9 Å². The summed E-state index contributed by atoms with van der Waals surface area (Å²) in [5, 5.41) is 17.0. The van der Waals surface area contributed by atoms with Crippen LogP contribution in [0.3, 0.4) is 0 Å². The molecule has 9 nitrogen and oxygen atoms in total. The first-order chi connectivity index (χ1) is 14.1. The van der Waals surface area contributed by atoms with E-state index in [1.165, 1.54) is 16.8 Å². The third-order valence-electron chi connectivity index (χ3n) is 5.26. The summed E-state index contributed by atoms with van der Waals surface area (Å²) in [6.45, 7) is 0.635. The van der Waals surface area contributed by atoms with Gasteiger partial charge < -0.3 is 20.1 Å². The normalized spacial score (nSPS) is 22.0. The average Bonchev–Trinajstić information content (AvgIpc) is 3.37. The minimum atomic E-state index is -0.952. The van der Waals surface area contributed by atoms with Crippen LogP contribution in [0.4, 0.5) is 10.2 Å². The van der Waals surface area contributed by atoms with Crippen molar-refractivity contribution in [2.24, 2.45) is 0 Å². The fraction of sp³-hybridized carbons (Fsp3) is 0.368. The minimum Gasteiger partial charge on any atom is -0.475 e. The van der Waals surface area contributed by atoms with E-state index >= 15 is 0 Å². The predicted octanol–water partition coefficient (Wildman–Crippen LogP) is 1.09. The third-order valence-corrected chi connectivity index (χ3v) is 5.26. The fourth-order valence-corrected chi connectivity index (χ4v) is 3.89. The molecule has 1 saturated heterocycles. The Morgan fingerprint density at radius 3 is 3.14 bits per heavy atom. The molecule has 2 N–H and O–H groups in total. The highest BCUT2D eigenvalue weighted by Gasteiger charge is 2.31. The number of ether oxygens (including phenoxy) is 1. The van der Waals surface area contributed by atoms with Gasteiger partial charge >= 0.3 is 0 Å². The molecule has 0 saturated carbocycles. The molecule has 2 aliphatic heterocycles. The second-order valence-electron chi connectivity index (χ2n) is 7.19. The second-order valence-corrected chi connectivity index (χ2v) is 7.19. The fourth-order valence-electron chi connectivity index (χ4n) is 3.89. The van der Waals surface area contributed by atoms with Crippen LogP contribution in [-0.2, 0) is 0 Å². The molecule has 0 aromatic carbocycles. The van der Waals surface area contributed by atoms with Gasteiger partial charge in [-0.1, -0.05) is 0 Å². The smallest absolute Gasteiger partial charge is 0.256 e. The number of hydrogen-bond acceptors (Lipinski definition) is 7. The highest BCUT2D eigenvalue weighted by molar-refractivity contribution is 5.99. The van der Waals surface area contributed by atoms with Crippen molar-refractivity contribution in [3.05, 3.63) is 47.7 Å². The number of amides is 1. The summed E-state index contributed by atoms with van der Waals surface area (Å²) in [5.74, 6) is 0.118. The number of anilines is 1. The largest absolute Gasteiger partial charge is 0.475 e. The average molecular weight is 398 g/mol. The summed E-state index contributed by atoms with van der Waals surface area (Å²) in [5.41, 5.74) is 1.36. The van der Waals surface area contributed by atoms with Crippen molar-refractivity contribution < 1.29 is 19.0 Å². The first kappa shape index (κ1) is 17.8. The lowest BCUT2D eigenvalue weighted by Crippen LogP contribution is -2.35. The lowest BCUT2D eigenvalue weighted by Gasteiger charge is -2.27. The molecule has 0 aliphatic carbocycles. The maximum absolute atomic E-state index is 14.0. The number of aliphatic hydroxyl groups is 1. The number of carbonyl (C=O) groups is 1. The number of nitrogens with zero attached hydrogens (tertiary/aromatic N) is 5. The third kappa shape index (κ3) is 3.15. The summed E-state index contributed by atoms with van der Waals surface area (Å²) < 4.78 is 21.2. The Bertz CT molecular complexity index is 1090. The van der Waals surface area contributed by atoms with Gasteiger partial charge in [-0.05, 0) is 25.0 Å². The number of rotatable bonds is 0. The molecule has 1 unspecified atom stereocenters. The van der Waals surface area contributed by atoms with Crippen molar-refractivity contribution in [1.29, 1.82) is 0 Å². The van der Waals surface area contributed by atoms with Crippen molar-refractivity contribution in [1.82, 2.24) is 24.9 Å². The minimum absolute atomic E-state index is 0.0120. The summed E-state index contributed by atoms with van der Waals surface area (Å²) in [6.07, 6.45) is 5.01. The van der Waals surface area contributed by atoms with Crippen LogP contribution in [-0.4, -0.2) is 56.4 Å². The molecule has 29 heavy (non-hydrogen) atoms. The van der Waals surface area contributed by atoms with Crippen LogP contribution < -0.4 is 15.0 Å². The quantitative estimate of drug-likeness (QED) is 0.584. The zero-order valence-electron chi connectivity index (χ0n) is 15.5. The molecule has 3 aromatic rings. The molecule has 1 fully saturated rings. The number of pyridine rings is 1. The predicted molar refractivity (Wildman–Crippen MR) is 100 cm³/mol. The van der Waals surface area contributed by atoms with Gasteiger partial charge in [0.2, 0.25) is 5.88 Å². The maximum Gasteiger partial charge on any atom is 0.256 e. The van der Waals surface area contributed by atoms with Crippen LogP contribution >= 0.6 is 0 Å². The standard InChI is InChI=1S/C19H19FN6O3/c20-11-6-13-15-2-1-4-25(15)16-3-5-26-17(24-16)14(9-23-26)18(28)21-8-12(27)10-29-19(13)22-7-11/h3,5-7,9,12,15,27H,1-2,4,8,10H2,(H,21,28)/t12?,15-/m1/s1. The van der Waals surface area contributed by atoms with Crippen LogP contribution in [0.1, 0.15) is 34.8 Å². The van der Waals surface area contributed by atoms with Crippen molar-refractivity contribution in [3.8, 4) is 5.88 Å². The van der Waals surface area contributed by atoms with Gasteiger partial charge in [-0.2, -0.15) is 5.10 Å². The Morgan fingerprint density at radius 2 is 2.24 bits per heavy atom. The van der Waals surface area contributed by atoms with Crippen LogP contribution in [0.2, 0.25) is 0 Å². The Kier molecular flexibility index (Phi) is 4.27. The van der Waals surface area contributed by atoms with E-state index < -0.39 is 11.9 Å². The Labute approximate surface area is 165 Å². The Balaban J connectivity index is 1.66. The van der Waals surface area contributed by atoms with Crippen LogP contribution in [0.25, 0.3) is 5.65 Å². The van der Waals surface area contributed by atoms with Gasteiger partial charge in [0, 0.05) is 24.8 Å². The lowest BCUT2D eigenvalue weighted by molar-refractivity contribution is 0.0835. The van der Waals surface area contributed by atoms with Crippen LogP contribution in [0, 0.1) is 5.82 Å². The van der Waals surface area contributed by atoms with Gasteiger partial charge in [-0.15, -0.1) is 0 Å². The van der Waals surface area contributed by atoms with Crippen LogP contribution in [0.5, 0.6) is 5.88 Å². The Hall–Kier alpha value is -3.27. The van der Waals surface area contributed by atoms with Crippen molar-refractivity contribution in [2.45, 2.75) is 25.0 Å². The second kappa shape index (κ2) is 6.96. The summed E-state index contributed by atoms with van der Waals surface area (Å²) in [7, 11) is 0. The van der Waals surface area contributed by atoms with E-state index in [2.05, 4.69) is 25.3 Å². The molecule has 10 heteroatoms. The van der Waals surface area contributed by atoms with Crippen molar-refractivity contribution in [2.75, 3.05) is 24.6 Å². The van der Waals surface area contributed by atoms with E-state index in [0.717, 1.165) is 25.6 Å². The van der Waals surface area contributed by atoms with Gasteiger partial charge in [0.25, 0.3) is 5.91 Å². The molecule has 3 aromatic heterocycles. The van der Waals surface area contributed by atoms with Gasteiger partial charge in [-0.3, -0.25) is 4.79 Å². The number of hydrogen-bond donors (Lipinski definition) is 2. The van der Waals surface area contributed by atoms with E-state index in [0.29, 0.717) is 22.6 Å². The summed E-state index contributed by atoms with van der Waals surface area (Å²) >= 11 is 0. The number of aromatic nitrogens is 4. The van der Waals surface area contributed by atoms with Gasteiger partial charge in [0.1, 0.15) is 29.9 Å². The highest BCUT2D eigenvalue weighted by atomic mass is 19.1. The first-order valence-corrected chi connectivity index (χ1v) is 9.45. The number of β-amino-alcohol motifs (C(OH)–C–C–N with tert-alkyl or cyclic N) is 1. The number of carbonyl (C=O) groups excluding carboxylic acids is 1. The molecule has 150 valence electrons. The molecule has 5 rings (SSSR count). The van der Waals surface area contributed by atoms with E-state index in [1.54, 1.807) is 6.20 Å². The summed E-state index contributed by atoms with van der Waals surface area (Å²) in [4.78, 5) is 23.4. The molecule has 1 amide bonds. The van der Waals surface area contributed by atoms with E-state index in [4.69, 9.17) is 4.74 Å². The molecule has 0 spiro atoms. The zero-order valence-corrected chi connectivity index (χ0v) is 15.5. The SMILES string of the molecule is O=C1NCC(O)COc2ncc(F)cc2[C@H]2CCCN2c2ccn3ncc1c3n2. The molecule has 2 aliphatic rings. The number of nitrogens with one attached hydrogen (secondary N) is 1. The molecule has 0 radical (unpaired) electrons. The molecule has 5 heterocycles. The molecular formula is C19H19FN6O3. The highest BCUT2D eigenvalue weighted by Crippen LogP contribution is 2.39. The topological polar surface area (TPSA) is 105 Å². The van der Waals surface area contributed by atoms with Gasteiger partial charge in [0.15, 0.2) is 5.65 Å². The van der Waals surface area contributed by atoms with Crippen LogP contribution in [0.15, 0.2) is 30.7 Å². The van der Waals surface area contributed by atoms with Crippen molar-refractivity contribution in [3.63, 3.8) is 0 Å². The van der Waals surface area contributed by atoms with E-state index in [9.17, 15) is 14.3 Å². The lowest BCUT2D eigenvalue weighted by atomic mass is 10.1. The van der Waals surface area contributed by atoms with Gasteiger partial charge in [0.05, 0.1) is 18.4 Å².